The van der Waals surface area contributed by atoms with Crippen LogP contribution in [0.1, 0.15) is 31.9 Å². The van der Waals surface area contributed by atoms with E-state index in [-0.39, 0.29) is 11.2 Å². The molecule has 0 aliphatic carbocycles. The van der Waals surface area contributed by atoms with Crippen LogP contribution >= 0.6 is 0 Å². The lowest BCUT2D eigenvalue weighted by atomic mass is 9.86. The normalized spacial score (nSPS) is 11.8. The highest BCUT2D eigenvalue weighted by molar-refractivity contribution is 5.29. The van der Waals surface area contributed by atoms with Crippen molar-refractivity contribution in [1.29, 1.82) is 0 Å². The van der Waals surface area contributed by atoms with E-state index in [0.717, 1.165) is 11.1 Å². The molecule has 0 atom stereocenters. The molecule has 12 heavy (non-hydrogen) atoms. The SMILES string of the molecule is Cc1ccc(F)c(C(C)(C)C)c1. The number of benzene rings is 1. The summed E-state index contributed by atoms with van der Waals surface area (Å²) in [6.07, 6.45) is 0. The highest BCUT2D eigenvalue weighted by atomic mass is 19.1. The summed E-state index contributed by atoms with van der Waals surface area (Å²) in [7, 11) is 0. The van der Waals surface area contributed by atoms with Crippen LogP contribution in [-0.4, -0.2) is 0 Å². The maximum Gasteiger partial charge on any atom is 0.126 e. The summed E-state index contributed by atoms with van der Waals surface area (Å²) in [5, 5.41) is 0. The lowest BCUT2D eigenvalue weighted by Crippen LogP contribution is -2.13. The van der Waals surface area contributed by atoms with Crippen molar-refractivity contribution < 1.29 is 4.39 Å². The van der Waals surface area contributed by atoms with E-state index in [1.165, 1.54) is 6.07 Å². The second-order valence-electron chi connectivity index (χ2n) is 4.23. The maximum absolute atomic E-state index is 13.3. The van der Waals surface area contributed by atoms with Gasteiger partial charge in [-0.1, -0.05) is 38.5 Å². The van der Waals surface area contributed by atoms with Gasteiger partial charge in [-0.3, -0.25) is 0 Å². The molecule has 66 valence electrons. The molecule has 0 aromatic heterocycles. The van der Waals surface area contributed by atoms with Gasteiger partial charge < -0.3 is 0 Å². The predicted molar refractivity (Wildman–Crippen MR) is 49.8 cm³/mol. The van der Waals surface area contributed by atoms with Gasteiger partial charge in [0, 0.05) is 0 Å². The number of aryl methyl sites for hydroxylation is 1. The molecule has 0 saturated heterocycles. The van der Waals surface area contributed by atoms with Crippen LogP contribution in [0.15, 0.2) is 18.2 Å². The lowest BCUT2D eigenvalue weighted by Gasteiger charge is -2.20. The fourth-order valence-electron chi connectivity index (χ4n) is 1.21. The molecule has 0 aliphatic heterocycles. The van der Waals surface area contributed by atoms with Crippen molar-refractivity contribution in [2.75, 3.05) is 0 Å². The lowest BCUT2D eigenvalue weighted by molar-refractivity contribution is 0.522. The van der Waals surface area contributed by atoms with Crippen LogP contribution in [-0.2, 0) is 5.41 Å². The van der Waals surface area contributed by atoms with E-state index in [9.17, 15) is 4.39 Å². The minimum Gasteiger partial charge on any atom is -0.207 e. The fraction of sp³-hybridized carbons (Fsp3) is 0.455. The maximum atomic E-state index is 13.3. The van der Waals surface area contributed by atoms with Crippen LogP contribution in [0.2, 0.25) is 0 Å². The molecule has 0 amide bonds. The molecule has 0 heterocycles. The van der Waals surface area contributed by atoms with Crippen molar-refractivity contribution in [2.45, 2.75) is 33.1 Å². The van der Waals surface area contributed by atoms with Gasteiger partial charge >= 0.3 is 0 Å². The molecule has 0 bridgehead atoms. The molecule has 0 spiro atoms. The Morgan fingerprint density at radius 3 is 2.17 bits per heavy atom. The molecule has 0 nitrogen and oxygen atoms in total. The number of hydrogen-bond donors (Lipinski definition) is 0. The standard InChI is InChI=1S/C11H15F/c1-8-5-6-10(12)9(7-8)11(2,3)4/h5-7H,1-4H3. The van der Waals surface area contributed by atoms with Gasteiger partial charge in [0.2, 0.25) is 0 Å². The Labute approximate surface area is 73.4 Å². The second kappa shape index (κ2) is 2.89. The van der Waals surface area contributed by atoms with Crippen LogP contribution in [0.5, 0.6) is 0 Å². The minimum absolute atomic E-state index is 0.101. The van der Waals surface area contributed by atoms with Crippen molar-refractivity contribution in [2.24, 2.45) is 0 Å². The van der Waals surface area contributed by atoms with Crippen LogP contribution in [0.25, 0.3) is 0 Å². The first-order valence-corrected chi connectivity index (χ1v) is 4.18. The molecule has 0 saturated carbocycles. The van der Waals surface area contributed by atoms with Gasteiger partial charge in [0.1, 0.15) is 5.82 Å². The fourth-order valence-corrected chi connectivity index (χ4v) is 1.21. The summed E-state index contributed by atoms with van der Waals surface area (Å²) in [6.45, 7) is 8.04. The first-order valence-electron chi connectivity index (χ1n) is 4.18. The molecule has 1 rings (SSSR count). The summed E-state index contributed by atoms with van der Waals surface area (Å²) in [5.41, 5.74) is 1.81. The summed E-state index contributed by atoms with van der Waals surface area (Å²) >= 11 is 0. The van der Waals surface area contributed by atoms with Gasteiger partial charge in [-0.25, -0.2) is 4.39 Å². The zero-order valence-corrected chi connectivity index (χ0v) is 8.11. The van der Waals surface area contributed by atoms with E-state index in [1.807, 2.05) is 33.8 Å². The smallest absolute Gasteiger partial charge is 0.126 e. The van der Waals surface area contributed by atoms with Gasteiger partial charge in [-0.2, -0.15) is 0 Å². The van der Waals surface area contributed by atoms with Crippen molar-refractivity contribution in [3.63, 3.8) is 0 Å². The average molecular weight is 166 g/mol. The van der Waals surface area contributed by atoms with E-state index in [1.54, 1.807) is 6.07 Å². The molecule has 1 aromatic carbocycles. The Kier molecular flexibility index (Phi) is 2.22. The monoisotopic (exact) mass is 166 g/mol. The van der Waals surface area contributed by atoms with E-state index < -0.39 is 0 Å². The summed E-state index contributed by atoms with van der Waals surface area (Å²) in [5.74, 6) is -0.104. The van der Waals surface area contributed by atoms with Crippen LogP contribution in [0.4, 0.5) is 4.39 Å². The third kappa shape index (κ3) is 1.84. The van der Waals surface area contributed by atoms with Crippen LogP contribution in [0, 0.1) is 12.7 Å². The molecule has 1 heteroatoms. The number of rotatable bonds is 0. The van der Waals surface area contributed by atoms with E-state index in [2.05, 4.69) is 0 Å². The third-order valence-corrected chi connectivity index (χ3v) is 1.93. The Hall–Kier alpha value is -0.850. The molecule has 0 aliphatic rings. The number of hydrogen-bond acceptors (Lipinski definition) is 0. The van der Waals surface area contributed by atoms with Crippen LogP contribution in [0.3, 0.4) is 0 Å². The summed E-state index contributed by atoms with van der Waals surface area (Å²) < 4.78 is 13.3. The van der Waals surface area contributed by atoms with Gasteiger partial charge in [0.15, 0.2) is 0 Å². The second-order valence-corrected chi connectivity index (χ2v) is 4.23. The van der Waals surface area contributed by atoms with E-state index in [0.29, 0.717) is 0 Å². The largest absolute Gasteiger partial charge is 0.207 e. The molecular formula is C11H15F. The molecule has 0 radical (unpaired) electrons. The van der Waals surface area contributed by atoms with Gasteiger partial charge in [0.05, 0.1) is 0 Å². The van der Waals surface area contributed by atoms with Crippen molar-refractivity contribution >= 4 is 0 Å². The molecule has 1 aromatic rings. The average Bonchev–Trinajstić information content (AvgIpc) is 1.92. The highest BCUT2D eigenvalue weighted by Gasteiger charge is 2.17. The van der Waals surface area contributed by atoms with Crippen molar-refractivity contribution in [1.82, 2.24) is 0 Å². The highest BCUT2D eigenvalue weighted by Crippen LogP contribution is 2.25. The summed E-state index contributed by atoms with van der Waals surface area (Å²) in [4.78, 5) is 0. The van der Waals surface area contributed by atoms with Crippen molar-refractivity contribution in [3.05, 3.63) is 35.1 Å². The molecule has 0 N–H and O–H groups in total. The van der Waals surface area contributed by atoms with E-state index >= 15 is 0 Å². The van der Waals surface area contributed by atoms with Gasteiger partial charge in [0.25, 0.3) is 0 Å². The zero-order chi connectivity index (χ0) is 9.35. The van der Waals surface area contributed by atoms with Gasteiger partial charge in [-0.05, 0) is 24.0 Å². The number of halogens is 1. The van der Waals surface area contributed by atoms with Crippen LogP contribution < -0.4 is 0 Å². The first-order chi connectivity index (χ1) is 5.41. The van der Waals surface area contributed by atoms with Crippen molar-refractivity contribution in [3.8, 4) is 0 Å². The molecule has 0 unspecified atom stereocenters. The molecule has 0 fully saturated rings. The Morgan fingerprint density at radius 1 is 1.17 bits per heavy atom. The molecular weight excluding hydrogens is 151 g/mol. The quantitative estimate of drug-likeness (QED) is 0.554. The Bertz CT molecular complexity index is 282. The first kappa shape index (κ1) is 9.24. The minimum atomic E-state index is -0.104. The Balaban J connectivity index is 3.23. The predicted octanol–water partition coefficient (Wildman–Crippen LogP) is 3.43. The Morgan fingerprint density at radius 2 is 1.75 bits per heavy atom. The zero-order valence-electron chi connectivity index (χ0n) is 8.11. The van der Waals surface area contributed by atoms with E-state index in [4.69, 9.17) is 0 Å². The third-order valence-electron chi connectivity index (χ3n) is 1.93. The topological polar surface area (TPSA) is 0 Å². The summed E-state index contributed by atoms with van der Waals surface area (Å²) in [6, 6.07) is 5.25. The van der Waals surface area contributed by atoms with Gasteiger partial charge in [-0.15, -0.1) is 0 Å².